The van der Waals surface area contributed by atoms with E-state index in [9.17, 15) is 4.79 Å². The van der Waals surface area contributed by atoms with E-state index in [-0.39, 0.29) is 17.6 Å². The number of methoxy groups -OCH3 is 2. The first-order valence-corrected chi connectivity index (χ1v) is 15.9. The van der Waals surface area contributed by atoms with Crippen LogP contribution in [0.3, 0.4) is 0 Å². The van der Waals surface area contributed by atoms with E-state index in [0.717, 1.165) is 86.8 Å². The number of rotatable bonds is 12. The average molecular weight is 598 g/mol. The van der Waals surface area contributed by atoms with E-state index in [4.69, 9.17) is 14.2 Å². The largest absolute Gasteiger partial charge is 0.497 e. The summed E-state index contributed by atoms with van der Waals surface area (Å²) in [5, 5.41) is 6.71. The van der Waals surface area contributed by atoms with E-state index >= 15 is 0 Å². The minimum atomic E-state index is -0.238. The molecule has 44 heavy (non-hydrogen) atoms. The van der Waals surface area contributed by atoms with Crippen molar-refractivity contribution in [2.75, 3.05) is 46.9 Å². The van der Waals surface area contributed by atoms with Gasteiger partial charge in [0.15, 0.2) is 0 Å². The zero-order valence-electron chi connectivity index (χ0n) is 26.4. The highest BCUT2D eigenvalue weighted by molar-refractivity contribution is 5.77. The van der Waals surface area contributed by atoms with E-state index in [1.54, 1.807) is 14.2 Å². The van der Waals surface area contributed by atoms with Crippen molar-refractivity contribution in [2.45, 2.75) is 50.7 Å². The molecule has 3 aromatic carbocycles. The summed E-state index contributed by atoms with van der Waals surface area (Å²) in [7, 11) is 3.31. The quantitative estimate of drug-likeness (QED) is 0.257. The third-order valence-corrected chi connectivity index (χ3v) is 8.96. The monoisotopic (exact) mass is 597 g/mol. The van der Waals surface area contributed by atoms with Gasteiger partial charge in [0.05, 0.1) is 20.3 Å². The minimum Gasteiger partial charge on any atom is -0.497 e. The molecule has 0 atom stereocenters. The van der Waals surface area contributed by atoms with Gasteiger partial charge < -0.3 is 24.8 Å². The molecule has 2 saturated heterocycles. The number of piperidine rings is 2. The number of nitrogens with zero attached hydrogens (tertiary/aromatic N) is 1. The number of benzene rings is 3. The highest BCUT2D eigenvalue weighted by Gasteiger charge is 2.28. The first-order chi connectivity index (χ1) is 21.4. The lowest BCUT2D eigenvalue weighted by Crippen LogP contribution is -2.43. The molecular formula is C37H47N3O4. The van der Waals surface area contributed by atoms with Gasteiger partial charge in [0.2, 0.25) is 5.91 Å². The Labute approximate surface area is 262 Å². The van der Waals surface area contributed by atoms with Crippen molar-refractivity contribution in [1.29, 1.82) is 0 Å². The molecule has 0 spiro atoms. The van der Waals surface area contributed by atoms with Gasteiger partial charge in [0.25, 0.3) is 0 Å². The molecule has 234 valence electrons. The predicted octanol–water partition coefficient (Wildman–Crippen LogP) is 6.25. The zero-order chi connectivity index (χ0) is 30.8. The van der Waals surface area contributed by atoms with Crippen molar-refractivity contribution in [3.63, 3.8) is 0 Å². The van der Waals surface area contributed by atoms with Crippen LogP contribution in [0, 0.1) is 5.92 Å². The Morgan fingerprint density at radius 3 is 1.98 bits per heavy atom. The lowest BCUT2D eigenvalue weighted by atomic mass is 9.92. The molecule has 2 aliphatic heterocycles. The Hall–Kier alpha value is -3.81. The summed E-state index contributed by atoms with van der Waals surface area (Å²) >= 11 is 0. The van der Waals surface area contributed by atoms with Crippen molar-refractivity contribution in [3.05, 3.63) is 95.6 Å². The zero-order valence-corrected chi connectivity index (χ0v) is 26.4. The fourth-order valence-corrected chi connectivity index (χ4v) is 6.13. The molecule has 2 heterocycles. The molecule has 7 heteroatoms. The molecule has 0 unspecified atom stereocenters. The smallest absolute Gasteiger partial charge is 0.221 e. The maximum absolute atomic E-state index is 13.3. The van der Waals surface area contributed by atoms with Crippen molar-refractivity contribution < 1.29 is 19.0 Å². The van der Waals surface area contributed by atoms with Crippen LogP contribution in [0.15, 0.2) is 78.9 Å². The maximum Gasteiger partial charge on any atom is 0.221 e. The topological polar surface area (TPSA) is 72.1 Å². The first-order valence-electron chi connectivity index (χ1n) is 15.9. The van der Waals surface area contributed by atoms with Crippen LogP contribution in [0.5, 0.6) is 17.2 Å². The number of carbonyl (C=O) groups is 1. The third kappa shape index (κ3) is 8.87. The van der Waals surface area contributed by atoms with Crippen LogP contribution in [-0.2, 0) is 4.79 Å². The van der Waals surface area contributed by atoms with E-state index < -0.39 is 0 Å². The summed E-state index contributed by atoms with van der Waals surface area (Å²) in [5.74, 6) is 3.00. The summed E-state index contributed by atoms with van der Waals surface area (Å²) in [4.78, 5) is 15.8. The molecule has 0 aromatic heterocycles. The molecule has 0 aliphatic carbocycles. The summed E-state index contributed by atoms with van der Waals surface area (Å²) < 4.78 is 17.0. The van der Waals surface area contributed by atoms with Crippen LogP contribution in [0.25, 0.3) is 6.08 Å². The number of hydrogen-bond acceptors (Lipinski definition) is 6. The molecule has 1 amide bonds. The van der Waals surface area contributed by atoms with Crippen LogP contribution in [0.2, 0.25) is 0 Å². The molecule has 5 rings (SSSR count). The molecule has 2 aliphatic rings. The van der Waals surface area contributed by atoms with Gasteiger partial charge in [-0.2, -0.15) is 0 Å². The number of amides is 1. The van der Waals surface area contributed by atoms with Gasteiger partial charge in [-0.1, -0.05) is 48.6 Å². The molecule has 3 aromatic rings. The Bertz CT molecular complexity index is 1290. The number of hydrogen-bond donors (Lipinski definition) is 2. The Balaban J connectivity index is 1.08. The van der Waals surface area contributed by atoms with Crippen LogP contribution in [-0.4, -0.2) is 63.4 Å². The fourth-order valence-electron chi connectivity index (χ4n) is 6.13. The van der Waals surface area contributed by atoms with Gasteiger partial charge in [-0.25, -0.2) is 0 Å². The van der Waals surface area contributed by atoms with Gasteiger partial charge in [0, 0.05) is 13.0 Å². The van der Waals surface area contributed by atoms with Crippen molar-refractivity contribution in [3.8, 4) is 17.2 Å². The summed E-state index contributed by atoms with van der Waals surface area (Å²) in [6.07, 6.45) is 9.08. The van der Waals surface area contributed by atoms with E-state index in [0.29, 0.717) is 12.3 Å². The molecule has 7 nitrogen and oxygen atoms in total. The molecule has 0 saturated carbocycles. The molecular weight excluding hydrogens is 550 g/mol. The van der Waals surface area contributed by atoms with Crippen molar-refractivity contribution in [2.24, 2.45) is 5.92 Å². The SMILES string of the molecule is COc1ccc(C(NC(=O)CC2CCN(C/C=C/c3ccc(OC4(C)CCNCC4)cc3)CC2)c2ccc(OC)cc2)cc1. The van der Waals surface area contributed by atoms with Crippen LogP contribution >= 0.6 is 0 Å². The number of carbonyl (C=O) groups excluding carboxylic acids is 1. The second-order valence-corrected chi connectivity index (χ2v) is 12.3. The number of ether oxygens (including phenoxy) is 3. The Morgan fingerprint density at radius 2 is 1.43 bits per heavy atom. The average Bonchev–Trinajstić information content (AvgIpc) is 3.05. The van der Waals surface area contributed by atoms with Gasteiger partial charge >= 0.3 is 0 Å². The van der Waals surface area contributed by atoms with E-state index in [1.807, 2.05) is 48.5 Å². The van der Waals surface area contributed by atoms with Gasteiger partial charge in [-0.05, 0) is 118 Å². The standard InChI is InChI=1S/C37H47N3O4/c1-37(20-22-38-23-21-37)44-34-12-6-28(7-13-34)5-4-24-40-25-18-29(19-26-40)27-35(41)39-36(30-8-14-32(42-2)15-9-30)31-10-16-33(43-3)17-11-31/h4-17,29,36,38H,18-27H2,1-3H3,(H,39,41)/b5-4+. The lowest BCUT2D eigenvalue weighted by molar-refractivity contribution is -0.122. The van der Waals surface area contributed by atoms with Crippen molar-refractivity contribution >= 4 is 12.0 Å². The van der Waals surface area contributed by atoms with Gasteiger partial charge in [-0.3, -0.25) is 9.69 Å². The number of likely N-dealkylation sites (tertiary alicyclic amines) is 1. The first kappa shape index (κ1) is 31.6. The summed E-state index contributed by atoms with van der Waals surface area (Å²) in [6.45, 7) is 7.15. The van der Waals surface area contributed by atoms with Crippen LogP contribution in [0.4, 0.5) is 0 Å². The van der Waals surface area contributed by atoms with Gasteiger partial charge in [-0.15, -0.1) is 0 Å². The van der Waals surface area contributed by atoms with Crippen LogP contribution < -0.4 is 24.8 Å². The van der Waals surface area contributed by atoms with E-state index in [2.05, 4.69) is 58.9 Å². The predicted molar refractivity (Wildman–Crippen MR) is 176 cm³/mol. The molecule has 0 radical (unpaired) electrons. The lowest BCUT2D eigenvalue weighted by Gasteiger charge is -2.34. The van der Waals surface area contributed by atoms with Crippen molar-refractivity contribution in [1.82, 2.24) is 15.5 Å². The third-order valence-electron chi connectivity index (χ3n) is 8.96. The molecule has 0 bridgehead atoms. The summed E-state index contributed by atoms with van der Waals surface area (Å²) in [6, 6.07) is 24.0. The molecule has 2 N–H and O–H groups in total. The molecule has 2 fully saturated rings. The highest BCUT2D eigenvalue weighted by Crippen LogP contribution is 2.28. The second kappa shape index (κ2) is 15.3. The summed E-state index contributed by atoms with van der Waals surface area (Å²) in [5.41, 5.74) is 3.14. The Morgan fingerprint density at radius 1 is 0.886 bits per heavy atom. The highest BCUT2D eigenvalue weighted by atomic mass is 16.5. The fraction of sp³-hybridized carbons (Fsp3) is 0.432. The van der Waals surface area contributed by atoms with Gasteiger partial charge in [0.1, 0.15) is 22.8 Å². The maximum atomic E-state index is 13.3. The minimum absolute atomic E-state index is 0.0792. The number of nitrogens with one attached hydrogen (secondary N) is 2. The second-order valence-electron chi connectivity index (χ2n) is 12.3. The van der Waals surface area contributed by atoms with E-state index in [1.165, 1.54) is 5.56 Å². The Kier molecular flexibility index (Phi) is 11.0. The van der Waals surface area contributed by atoms with Crippen LogP contribution in [0.1, 0.15) is 61.8 Å². The normalized spacial score (nSPS) is 17.5.